The number of piperazine rings is 1. The molecule has 0 radical (unpaired) electrons. The van der Waals surface area contributed by atoms with Crippen molar-refractivity contribution in [3.8, 4) is 5.75 Å². The zero-order valence-corrected chi connectivity index (χ0v) is 17.7. The molecule has 31 heavy (non-hydrogen) atoms. The summed E-state index contributed by atoms with van der Waals surface area (Å²) >= 11 is 0. The van der Waals surface area contributed by atoms with Gasteiger partial charge in [0.1, 0.15) is 5.75 Å². The average Bonchev–Trinajstić information content (AvgIpc) is 2.76. The van der Waals surface area contributed by atoms with Gasteiger partial charge in [0.05, 0.1) is 18.2 Å². The first-order valence-corrected chi connectivity index (χ1v) is 10.3. The molecule has 0 aliphatic carbocycles. The number of carbonyl (C=O) groups excluding carboxylic acids is 2. The van der Waals surface area contributed by atoms with Crippen molar-refractivity contribution in [2.75, 3.05) is 31.5 Å². The van der Waals surface area contributed by atoms with Crippen molar-refractivity contribution in [2.45, 2.75) is 32.9 Å². The minimum absolute atomic E-state index is 0.0682. The number of benzene rings is 2. The van der Waals surface area contributed by atoms with Gasteiger partial charge >= 0.3 is 6.61 Å². The van der Waals surface area contributed by atoms with Gasteiger partial charge in [-0.25, -0.2) is 0 Å². The summed E-state index contributed by atoms with van der Waals surface area (Å²) < 4.78 is 29.6. The van der Waals surface area contributed by atoms with E-state index in [-0.39, 0.29) is 23.3 Å². The lowest BCUT2D eigenvalue weighted by molar-refractivity contribution is -0.133. The number of anilines is 1. The Hall–Kier alpha value is -3.00. The fourth-order valence-corrected chi connectivity index (χ4v) is 3.52. The molecule has 0 spiro atoms. The van der Waals surface area contributed by atoms with E-state index in [1.165, 1.54) is 12.1 Å². The van der Waals surface area contributed by atoms with E-state index in [9.17, 15) is 18.4 Å². The highest BCUT2D eigenvalue weighted by molar-refractivity contribution is 5.95. The summed E-state index contributed by atoms with van der Waals surface area (Å²) in [5.41, 5.74) is 2.34. The molecule has 1 N–H and O–H groups in total. The number of carbonyl (C=O) groups is 2. The van der Waals surface area contributed by atoms with Gasteiger partial charge in [0.15, 0.2) is 0 Å². The SMILES string of the molecule is Cc1ccc(CC(=O)N2CCN(C(C)C(=O)Nc3ccccc3OC(F)F)CC2)cc1. The second-order valence-corrected chi connectivity index (χ2v) is 7.62. The Morgan fingerprint density at radius 1 is 1.03 bits per heavy atom. The van der Waals surface area contributed by atoms with Gasteiger partial charge in [0.25, 0.3) is 0 Å². The number of aryl methyl sites for hydroxylation is 1. The van der Waals surface area contributed by atoms with Crippen LogP contribution < -0.4 is 10.1 Å². The van der Waals surface area contributed by atoms with Crippen LogP contribution in [0.25, 0.3) is 0 Å². The summed E-state index contributed by atoms with van der Waals surface area (Å²) in [7, 11) is 0. The van der Waals surface area contributed by atoms with Crippen molar-refractivity contribution >= 4 is 17.5 Å². The van der Waals surface area contributed by atoms with E-state index in [2.05, 4.69) is 10.1 Å². The molecule has 2 aromatic carbocycles. The Labute approximate surface area is 180 Å². The van der Waals surface area contributed by atoms with Crippen LogP contribution >= 0.6 is 0 Å². The fourth-order valence-electron chi connectivity index (χ4n) is 3.52. The molecule has 1 saturated heterocycles. The molecule has 0 saturated carbocycles. The lowest BCUT2D eigenvalue weighted by atomic mass is 10.1. The largest absolute Gasteiger partial charge is 0.433 e. The third-order valence-electron chi connectivity index (χ3n) is 5.43. The van der Waals surface area contributed by atoms with Crippen LogP contribution in [-0.2, 0) is 16.0 Å². The molecule has 0 aromatic heterocycles. The molecule has 3 rings (SSSR count). The van der Waals surface area contributed by atoms with E-state index in [1.807, 2.05) is 41.0 Å². The molecule has 0 bridgehead atoms. The number of nitrogens with one attached hydrogen (secondary N) is 1. The number of amides is 2. The Balaban J connectivity index is 1.51. The number of hydrogen-bond donors (Lipinski definition) is 1. The topological polar surface area (TPSA) is 61.9 Å². The molecule has 1 fully saturated rings. The monoisotopic (exact) mass is 431 g/mol. The summed E-state index contributed by atoms with van der Waals surface area (Å²) in [4.78, 5) is 29.0. The maximum absolute atomic E-state index is 12.7. The average molecular weight is 431 g/mol. The molecule has 1 unspecified atom stereocenters. The van der Waals surface area contributed by atoms with E-state index in [4.69, 9.17) is 0 Å². The molecule has 2 amide bonds. The first kappa shape index (κ1) is 22.7. The highest BCUT2D eigenvalue weighted by Gasteiger charge is 2.28. The summed E-state index contributed by atoms with van der Waals surface area (Å²) in [6.45, 7) is 2.98. The third-order valence-corrected chi connectivity index (χ3v) is 5.43. The van der Waals surface area contributed by atoms with Crippen LogP contribution in [0.1, 0.15) is 18.1 Å². The van der Waals surface area contributed by atoms with Crippen LogP contribution in [0.3, 0.4) is 0 Å². The Kier molecular flexibility index (Phi) is 7.57. The summed E-state index contributed by atoms with van der Waals surface area (Å²) in [5, 5.41) is 2.66. The minimum Gasteiger partial charge on any atom is -0.433 e. The molecule has 1 aliphatic heterocycles. The van der Waals surface area contributed by atoms with E-state index in [1.54, 1.807) is 19.1 Å². The zero-order valence-electron chi connectivity index (χ0n) is 17.7. The molecule has 6 nitrogen and oxygen atoms in total. The van der Waals surface area contributed by atoms with Crippen LogP contribution in [0.15, 0.2) is 48.5 Å². The zero-order chi connectivity index (χ0) is 22.4. The van der Waals surface area contributed by atoms with Crippen LogP contribution in [0.5, 0.6) is 5.75 Å². The van der Waals surface area contributed by atoms with Crippen LogP contribution in [0.2, 0.25) is 0 Å². The first-order chi connectivity index (χ1) is 14.8. The molecule has 1 aliphatic rings. The smallest absolute Gasteiger partial charge is 0.387 e. The van der Waals surface area contributed by atoms with Crippen molar-refractivity contribution in [1.82, 2.24) is 9.80 Å². The number of halogens is 2. The molecule has 1 atom stereocenters. The van der Waals surface area contributed by atoms with Crippen molar-refractivity contribution in [2.24, 2.45) is 0 Å². The molecular formula is C23H27F2N3O3. The van der Waals surface area contributed by atoms with Gasteiger partial charge in [-0.05, 0) is 31.5 Å². The number of rotatable bonds is 7. The van der Waals surface area contributed by atoms with Crippen molar-refractivity contribution in [1.29, 1.82) is 0 Å². The second-order valence-electron chi connectivity index (χ2n) is 7.62. The molecule has 1 heterocycles. The van der Waals surface area contributed by atoms with E-state index in [0.717, 1.165) is 11.1 Å². The lowest BCUT2D eigenvalue weighted by Crippen LogP contribution is -2.54. The predicted octanol–water partition coefficient (Wildman–Crippen LogP) is 3.31. The van der Waals surface area contributed by atoms with E-state index >= 15 is 0 Å². The van der Waals surface area contributed by atoms with Gasteiger partial charge in [-0.15, -0.1) is 0 Å². The van der Waals surface area contributed by atoms with E-state index < -0.39 is 12.7 Å². The molecule has 166 valence electrons. The first-order valence-electron chi connectivity index (χ1n) is 10.3. The predicted molar refractivity (Wildman–Crippen MR) is 114 cm³/mol. The fraction of sp³-hybridized carbons (Fsp3) is 0.391. The number of ether oxygens (including phenoxy) is 1. The normalized spacial score (nSPS) is 15.6. The molecular weight excluding hydrogens is 404 g/mol. The van der Waals surface area contributed by atoms with Crippen molar-refractivity contribution < 1.29 is 23.1 Å². The number of para-hydroxylation sites is 2. The van der Waals surface area contributed by atoms with E-state index in [0.29, 0.717) is 32.6 Å². The van der Waals surface area contributed by atoms with Gasteiger partial charge in [0.2, 0.25) is 11.8 Å². The van der Waals surface area contributed by atoms with Crippen molar-refractivity contribution in [3.05, 3.63) is 59.7 Å². The van der Waals surface area contributed by atoms with Gasteiger partial charge in [-0.1, -0.05) is 42.0 Å². The standard InChI is InChI=1S/C23H27F2N3O3/c1-16-7-9-18(10-8-16)15-21(29)28-13-11-27(12-14-28)17(2)22(30)26-19-5-3-4-6-20(19)31-23(24)25/h3-10,17,23H,11-15H2,1-2H3,(H,26,30). The number of hydrogen-bond acceptors (Lipinski definition) is 4. The summed E-state index contributed by atoms with van der Waals surface area (Å²) in [6, 6.07) is 13.5. The van der Waals surface area contributed by atoms with Crippen LogP contribution in [0, 0.1) is 6.92 Å². The highest BCUT2D eigenvalue weighted by Crippen LogP contribution is 2.26. The second kappa shape index (κ2) is 10.3. The number of alkyl halides is 2. The number of nitrogens with zero attached hydrogens (tertiary/aromatic N) is 2. The van der Waals surface area contributed by atoms with Crippen LogP contribution in [-0.4, -0.2) is 60.4 Å². The van der Waals surface area contributed by atoms with Gasteiger partial charge in [-0.2, -0.15) is 8.78 Å². The lowest BCUT2D eigenvalue weighted by Gasteiger charge is -2.37. The summed E-state index contributed by atoms with van der Waals surface area (Å²) in [6.07, 6.45) is 0.358. The Bertz CT molecular complexity index is 897. The Morgan fingerprint density at radius 2 is 1.68 bits per heavy atom. The van der Waals surface area contributed by atoms with Gasteiger partial charge in [-0.3, -0.25) is 14.5 Å². The molecule has 2 aromatic rings. The van der Waals surface area contributed by atoms with Crippen molar-refractivity contribution in [3.63, 3.8) is 0 Å². The van der Waals surface area contributed by atoms with Gasteiger partial charge in [0, 0.05) is 26.2 Å². The summed E-state index contributed by atoms with van der Waals surface area (Å²) in [5.74, 6) is -0.326. The highest BCUT2D eigenvalue weighted by atomic mass is 19.3. The maximum Gasteiger partial charge on any atom is 0.387 e. The Morgan fingerprint density at radius 3 is 2.32 bits per heavy atom. The quantitative estimate of drug-likeness (QED) is 0.731. The maximum atomic E-state index is 12.7. The van der Waals surface area contributed by atoms with Gasteiger partial charge < -0.3 is 15.0 Å². The van der Waals surface area contributed by atoms with Crippen LogP contribution in [0.4, 0.5) is 14.5 Å². The third kappa shape index (κ3) is 6.24. The molecule has 8 heteroatoms. The minimum atomic E-state index is -2.97.